The van der Waals surface area contributed by atoms with Crippen LogP contribution in [0.2, 0.25) is 0 Å². The number of amides is 1. The summed E-state index contributed by atoms with van der Waals surface area (Å²) in [5, 5.41) is 3.82. The number of carbonyl (C=O) groups excluding carboxylic acids is 1. The maximum absolute atomic E-state index is 12.2. The number of benzene rings is 1. The van der Waals surface area contributed by atoms with E-state index in [-0.39, 0.29) is 5.91 Å². The largest absolute Gasteiger partial charge is 0.467 e. The highest BCUT2D eigenvalue weighted by molar-refractivity contribution is 7.98. The van der Waals surface area contributed by atoms with Crippen LogP contribution in [0.4, 0.5) is 0 Å². The minimum atomic E-state index is -0.105. The molecule has 0 aliphatic heterocycles. The van der Waals surface area contributed by atoms with E-state index < -0.39 is 0 Å². The molecule has 3 rings (SSSR count). The molecule has 1 N–H and O–H groups in total. The van der Waals surface area contributed by atoms with E-state index >= 15 is 0 Å². The van der Waals surface area contributed by atoms with Gasteiger partial charge in [0.15, 0.2) is 0 Å². The van der Waals surface area contributed by atoms with Gasteiger partial charge in [0.1, 0.15) is 5.76 Å². The molecule has 0 spiro atoms. The highest BCUT2D eigenvalue weighted by atomic mass is 32.2. The van der Waals surface area contributed by atoms with Crippen LogP contribution in [0.25, 0.3) is 0 Å². The van der Waals surface area contributed by atoms with E-state index in [9.17, 15) is 4.79 Å². The second-order valence-electron chi connectivity index (χ2n) is 4.92. The van der Waals surface area contributed by atoms with Crippen molar-refractivity contribution in [2.24, 2.45) is 0 Å². The molecule has 116 valence electrons. The molecule has 4 nitrogen and oxygen atoms in total. The average Bonchev–Trinajstić information content (AvgIpc) is 3.12. The molecule has 0 saturated carbocycles. The van der Waals surface area contributed by atoms with Crippen LogP contribution in [0.3, 0.4) is 0 Å². The summed E-state index contributed by atoms with van der Waals surface area (Å²) in [4.78, 5) is 16.5. The van der Waals surface area contributed by atoms with Crippen molar-refractivity contribution in [1.82, 2.24) is 10.3 Å². The van der Waals surface area contributed by atoms with Gasteiger partial charge in [0, 0.05) is 17.5 Å². The van der Waals surface area contributed by atoms with E-state index in [0.29, 0.717) is 12.1 Å². The lowest BCUT2D eigenvalue weighted by Crippen LogP contribution is -2.22. The van der Waals surface area contributed by atoms with Crippen molar-refractivity contribution in [3.05, 3.63) is 83.9 Å². The molecule has 0 aliphatic rings. The van der Waals surface area contributed by atoms with Gasteiger partial charge in [-0.2, -0.15) is 0 Å². The molecule has 0 bridgehead atoms. The standard InChI is InChI=1S/C18H16N2O2S/c21-18(20-12-16-7-4-10-22-16)15-6-3-5-14(11-15)13-23-17-8-1-2-9-19-17/h1-11H,12-13H2,(H,20,21). The van der Waals surface area contributed by atoms with E-state index in [4.69, 9.17) is 4.42 Å². The summed E-state index contributed by atoms with van der Waals surface area (Å²) in [6.45, 7) is 0.388. The van der Waals surface area contributed by atoms with E-state index in [1.807, 2.05) is 48.5 Å². The Labute approximate surface area is 138 Å². The SMILES string of the molecule is O=C(NCc1ccco1)c1cccc(CSc2ccccn2)c1. The first-order valence-corrected chi connectivity index (χ1v) is 8.23. The highest BCUT2D eigenvalue weighted by Crippen LogP contribution is 2.20. The Morgan fingerprint density at radius 1 is 1.13 bits per heavy atom. The first-order valence-electron chi connectivity index (χ1n) is 7.24. The number of hydrogen-bond acceptors (Lipinski definition) is 4. The van der Waals surface area contributed by atoms with E-state index in [2.05, 4.69) is 10.3 Å². The fourth-order valence-corrected chi connectivity index (χ4v) is 2.88. The molecule has 0 atom stereocenters. The molecule has 1 aromatic carbocycles. The number of nitrogens with one attached hydrogen (secondary N) is 1. The van der Waals surface area contributed by atoms with Gasteiger partial charge in [-0.25, -0.2) is 4.98 Å². The van der Waals surface area contributed by atoms with Crippen molar-refractivity contribution < 1.29 is 9.21 Å². The summed E-state index contributed by atoms with van der Waals surface area (Å²) >= 11 is 1.65. The maximum Gasteiger partial charge on any atom is 0.251 e. The topological polar surface area (TPSA) is 55.1 Å². The minimum Gasteiger partial charge on any atom is -0.467 e. The van der Waals surface area contributed by atoms with Gasteiger partial charge in [0.2, 0.25) is 0 Å². The summed E-state index contributed by atoms with van der Waals surface area (Å²) in [7, 11) is 0. The lowest BCUT2D eigenvalue weighted by Gasteiger charge is -2.06. The summed E-state index contributed by atoms with van der Waals surface area (Å²) in [5.41, 5.74) is 1.74. The highest BCUT2D eigenvalue weighted by Gasteiger charge is 2.07. The smallest absolute Gasteiger partial charge is 0.251 e. The summed E-state index contributed by atoms with van der Waals surface area (Å²) in [6.07, 6.45) is 3.37. The fourth-order valence-electron chi connectivity index (χ4n) is 2.07. The average molecular weight is 324 g/mol. The number of nitrogens with zero attached hydrogens (tertiary/aromatic N) is 1. The van der Waals surface area contributed by atoms with Gasteiger partial charge in [-0.15, -0.1) is 11.8 Å². The van der Waals surface area contributed by atoms with Crippen LogP contribution in [-0.4, -0.2) is 10.9 Å². The molecule has 2 aromatic heterocycles. The van der Waals surface area contributed by atoms with Gasteiger partial charge in [-0.05, 0) is 42.0 Å². The molecule has 0 radical (unpaired) electrons. The van der Waals surface area contributed by atoms with Crippen molar-refractivity contribution in [2.75, 3.05) is 0 Å². The number of hydrogen-bond donors (Lipinski definition) is 1. The van der Waals surface area contributed by atoms with Gasteiger partial charge in [-0.3, -0.25) is 4.79 Å². The third-order valence-corrected chi connectivity index (χ3v) is 4.23. The zero-order valence-corrected chi connectivity index (χ0v) is 13.3. The van der Waals surface area contributed by atoms with Crippen molar-refractivity contribution in [3.8, 4) is 0 Å². The molecular weight excluding hydrogens is 308 g/mol. The van der Waals surface area contributed by atoms with Gasteiger partial charge in [-0.1, -0.05) is 18.2 Å². The van der Waals surface area contributed by atoms with Crippen molar-refractivity contribution >= 4 is 17.7 Å². The first kappa shape index (κ1) is 15.4. The molecule has 23 heavy (non-hydrogen) atoms. The van der Waals surface area contributed by atoms with E-state index in [1.54, 1.807) is 30.3 Å². The van der Waals surface area contributed by atoms with Crippen LogP contribution in [0.5, 0.6) is 0 Å². The van der Waals surface area contributed by atoms with E-state index in [0.717, 1.165) is 22.1 Å². The Morgan fingerprint density at radius 3 is 2.87 bits per heavy atom. The molecule has 2 heterocycles. The van der Waals surface area contributed by atoms with Gasteiger partial charge in [0.05, 0.1) is 17.8 Å². The number of rotatable bonds is 6. The molecule has 3 aromatic rings. The summed E-state index contributed by atoms with van der Waals surface area (Å²) < 4.78 is 5.21. The molecule has 0 fully saturated rings. The van der Waals surface area contributed by atoms with Crippen LogP contribution in [-0.2, 0) is 12.3 Å². The summed E-state index contributed by atoms with van der Waals surface area (Å²) in [6, 6.07) is 17.1. The fraction of sp³-hybridized carbons (Fsp3) is 0.111. The normalized spacial score (nSPS) is 10.4. The lowest BCUT2D eigenvalue weighted by atomic mass is 10.1. The second kappa shape index (κ2) is 7.65. The lowest BCUT2D eigenvalue weighted by molar-refractivity contribution is 0.0948. The van der Waals surface area contributed by atoms with Crippen LogP contribution >= 0.6 is 11.8 Å². The quantitative estimate of drug-likeness (QED) is 0.699. The Kier molecular flexibility index (Phi) is 5.11. The van der Waals surface area contributed by atoms with Crippen molar-refractivity contribution in [3.63, 3.8) is 0 Å². The van der Waals surface area contributed by atoms with E-state index in [1.165, 1.54) is 0 Å². The zero-order valence-electron chi connectivity index (χ0n) is 12.4. The maximum atomic E-state index is 12.2. The monoisotopic (exact) mass is 324 g/mol. The Morgan fingerprint density at radius 2 is 2.09 bits per heavy atom. The Bertz CT molecular complexity index is 758. The second-order valence-corrected chi connectivity index (χ2v) is 5.91. The molecule has 0 aliphatic carbocycles. The molecule has 0 saturated heterocycles. The number of carbonyl (C=O) groups is 1. The summed E-state index contributed by atoms with van der Waals surface area (Å²) in [5.74, 6) is 1.40. The molecular formula is C18H16N2O2S. The predicted molar refractivity (Wildman–Crippen MR) is 90.1 cm³/mol. The third-order valence-electron chi connectivity index (χ3n) is 3.22. The first-order chi connectivity index (χ1) is 11.3. The molecule has 1 amide bonds. The van der Waals surface area contributed by atoms with Crippen LogP contribution in [0.15, 0.2) is 76.5 Å². The van der Waals surface area contributed by atoms with Crippen molar-refractivity contribution in [1.29, 1.82) is 0 Å². The van der Waals surface area contributed by atoms with Crippen molar-refractivity contribution in [2.45, 2.75) is 17.3 Å². The van der Waals surface area contributed by atoms with Gasteiger partial charge in [0.25, 0.3) is 5.91 Å². The zero-order chi connectivity index (χ0) is 15.9. The Hall–Kier alpha value is -2.53. The number of aromatic nitrogens is 1. The number of pyridine rings is 1. The predicted octanol–water partition coefficient (Wildman–Crippen LogP) is 3.90. The van der Waals surface area contributed by atoms with Crippen LogP contribution in [0.1, 0.15) is 21.7 Å². The number of furan rings is 1. The Balaban J connectivity index is 1.59. The number of thioether (sulfide) groups is 1. The minimum absolute atomic E-state index is 0.105. The molecule has 0 unspecified atom stereocenters. The van der Waals surface area contributed by atoms with Crippen LogP contribution in [0, 0.1) is 0 Å². The third kappa shape index (κ3) is 4.47. The van der Waals surface area contributed by atoms with Crippen LogP contribution < -0.4 is 5.32 Å². The van der Waals surface area contributed by atoms with Gasteiger partial charge < -0.3 is 9.73 Å². The van der Waals surface area contributed by atoms with Gasteiger partial charge >= 0.3 is 0 Å². The molecule has 5 heteroatoms.